The molecule has 0 spiro atoms. The fraction of sp³-hybridized carbons (Fsp3) is 0.333. The molecule has 3 heterocycles. The summed E-state index contributed by atoms with van der Waals surface area (Å²) in [5, 5.41) is 7.32. The van der Waals surface area contributed by atoms with Gasteiger partial charge in [-0.2, -0.15) is 4.98 Å². The minimum Gasteiger partial charge on any atom is -0.366 e. The van der Waals surface area contributed by atoms with E-state index in [0.717, 1.165) is 35.6 Å². The molecule has 28 heavy (non-hydrogen) atoms. The number of nitrogens with one attached hydrogen (secondary N) is 1. The summed E-state index contributed by atoms with van der Waals surface area (Å²) in [6.45, 7) is 5.49. The van der Waals surface area contributed by atoms with Crippen molar-refractivity contribution in [2.24, 2.45) is 0 Å². The summed E-state index contributed by atoms with van der Waals surface area (Å²) < 4.78 is 5.35. The Morgan fingerprint density at radius 2 is 2.04 bits per heavy atom. The first-order valence-corrected chi connectivity index (χ1v) is 9.53. The Kier molecular flexibility index (Phi) is 5.06. The second kappa shape index (κ2) is 7.80. The summed E-state index contributed by atoms with van der Waals surface area (Å²) in [5.41, 5.74) is 2.91. The van der Waals surface area contributed by atoms with Crippen molar-refractivity contribution >= 4 is 17.4 Å². The quantitative estimate of drug-likeness (QED) is 0.699. The van der Waals surface area contributed by atoms with Crippen LogP contribution in [0, 0.1) is 0 Å². The highest BCUT2D eigenvalue weighted by Gasteiger charge is 2.21. The number of aromatic nitrogens is 3. The molecule has 0 radical (unpaired) electrons. The molecule has 1 amide bonds. The van der Waals surface area contributed by atoms with E-state index in [4.69, 9.17) is 4.52 Å². The molecular weight excluding hydrogens is 354 g/mol. The van der Waals surface area contributed by atoms with Gasteiger partial charge in [0.05, 0.1) is 0 Å². The van der Waals surface area contributed by atoms with E-state index in [1.807, 2.05) is 55.1 Å². The van der Waals surface area contributed by atoms with Gasteiger partial charge in [-0.15, -0.1) is 0 Å². The number of amides is 1. The van der Waals surface area contributed by atoms with E-state index in [-0.39, 0.29) is 11.8 Å². The van der Waals surface area contributed by atoms with E-state index >= 15 is 0 Å². The summed E-state index contributed by atoms with van der Waals surface area (Å²) in [4.78, 5) is 22.5. The van der Waals surface area contributed by atoms with E-state index in [2.05, 4.69) is 20.4 Å². The number of carbonyl (C=O) groups is 1. The lowest BCUT2D eigenvalue weighted by Gasteiger charge is -2.16. The lowest BCUT2D eigenvalue weighted by Crippen LogP contribution is -2.23. The Balaban J connectivity index is 1.41. The van der Waals surface area contributed by atoms with Crippen LogP contribution in [0.4, 0.5) is 11.5 Å². The summed E-state index contributed by atoms with van der Waals surface area (Å²) in [7, 11) is 0. The molecule has 0 atom stereocenters. The maximum atomic E-state index is 11.8. The van der Waals surface area contributed by atoms with Crippen LogP contribution >= 0.6 is 0 Å². The van der Waals surface area contributed by atoms with Crippen molar-refractivity contribution in [3.8, 4) is 11.5 Å². The van der Waals surface area contributed by atoms with Crippen LogP contribution in [-0.4, -0.2) is 27.6 Å². The van der Waals surface area contributed by atoms with Gasteiger partial charge in [0.2, 0.25) is 5.91 Å². The standard InChI is InChI=1S/C21H23N5O2/c1-14(2)20-24-21(28-25-20)16-9-10-22-18(12-16)23-13-15-5-7-17(8-6-15)26-11-3-4-19(26)27/h5-10,12,14H,3-4,11,13H2,1-2H3,(H,22,23). The molecule has 144 valence electrons. The van der Waals surface area contributed by atoms with Gasteiger partial charge in [0.1, 0.15) is 5.82 Å². The molecule has 4 rings (SSSR count). The zero-order valence-electron chi connectivity index (χ0n) is 16.1. The van der Waals surface area contributed by atoms with Crippen LogP contribution in [0.15, 0.2) is 47.1 Å². The number of pyridine rings is 1. The molecular formula is C21H23N5O2. The smallest absolute Gasteiger partial charge is 0.258 e. The van der Waals surface area contributed by atoms with Gasteiger partial charge in [-0.25, -0.2) is 4.98 Å². The van der Waals surface area contributed by atoms with Crippen molar-refractivity contribution < 1.29 is 9.32 Å². The fourth-order valence-corrected chi connectivity index (χ4v) is 3.15. The third-order valence-corrected chi connectivity index (χ3v) is 4.76. The Labute approximate surface area is 163 Å². The van der Waals surface area contributed by atoms with E-state index in [1.54, 1.807) is 6.20 Å². The summed E-state index contributed by atoms with van der Waals surface area (Å²) in [6.07, 6.45) is 3.30. The third kappa shape index (κ3) is 3.88. The van der Waals surface area contributed by atoms with Crippen molar-refractivity contribution in [2.75, 3.05) is 16.8 Å². The summed E-state index contributed by atoms with van der Waals surface area (Å²) in [6, 6.07) is 11.8. The fourth-order valence-electron chi connectivity index (χ4n) is 3.15. The predicted molar refractivity (Wildman–Crippen MR) is 107 cm³/mol. The maximum absolute atomic E-state index is 11.8. The van der Waals surface area contributed by atoms with Gasteiger partial charge in [0.25, 0.3) is 5.89 Å². The molecule has 2 aromatic heterocycles. The van der Waals surface area contributed by atoms with Gasteiger partial charge >= 0.3 is 0 Å². The van der Waals surface area contributed by atoms with Crippen LogP contribution in [0.1, 0.15) is 44.0 Å². The molecule has 7 nitrogen and oxygen atoms in total. The third-order valence-electron chi connectivity index (χ3n) is 4.76. The number of hydrogen-bond acceptors (Lipinski definition) is 6. The van der Waals surface area contributed by atoms with Crippen molar-refractivity contribution in [3.05, 3.63) is 54.0 Å². The topological polar surface area (TPSA) is 84.2 Å². The minimum absolute atomic E-state index is 0.202. The molecule has 0 bridgehead atoms. The molecule has 0 unspecified atom stereocenters. The van der Waals surface area contributed by atoms with Crippen molar-refractivity contribution in [3.63, 3.8) is 0 Å². The molecule has 1 N–H and O–H groups in total. The van der Waals surface area contributed by atoms with Gasteiger partial charge in [-0.05, 0) is 36.2 Å². The molecule has 3 aromatic rings. The van der Waals surface area contributed by atoms with Gasteiger partial charge in [0.15, 0.2) is 5.82 Å². The SMILES string of the molecule is CC(C)c1noc(-c2ccnc(NCc3ccc(N4CCCC4=O)cc3)c2)n1. The number of rotatable bonds is 6. The van der Waals surface area contributed by atoms with Crippen LogP contribution in [-0.2, 0) is 11.3 Å². The lowest BCUT2D eigenvalue weighted by atomic mass is 10.2. The Morgan fingerprint density at radius 1 is 1.21 bits per heavy atom. The Morgan fingerprint density at radius 3 is 2.71 bits per heavy atom. The Hall–Kier alpha value is -3.22. The van der Waals surface area contributed by atoms with Gasteiger partial charge in [-0.1, -0.05) is 31.1 Å². The minimum atomic E-state index is 0.202. The van der Waals surface area contributed by atoms with E-state index < -0.39 is 0 Å². The molecule has 1 fully saturated rings. The van der Waals surface area contributed by atoms with Gasteiger partial charge in [-0.3, -0.25) is 4.79 Å². The molecule has 1 saturated heterocycles. The van der Waals surface area contributed by atoms with Crippen LogP contribution in [0.2, 0.25) is 0 Å². The molecule has 0 saturated carbocycles. The van der Waals surface area contributed by atoms with E-state index in [1.165, 1.54) is 0 Å². The molecule has 1 aromatic carbocycles. The highest BCUT2D eigenvalue weighted by atomic mass is 16.5. The van der Waals surface area contributed by atoms with Gasteiger partial charge < -0.3 is 14.7 Å². The molecule has 7 heteroatoms. The van der Waals surface area contributed by atoms with Crippen molar-refractivity contribution in [1.29, 1.82) is 0 Å². The van der Waals surface area contributed by atoms with Crippen LogP contribution in [0.5, 0.6) is 0 Å². The number of carbonyl (C=O) groups excluding carboxylic acids is 1. The first kappa shape index (κ1) is 18.2. The highest BCUT2D eigenvalue weighted by molar-refractivity contribution is 5.95. The van der Waals surface area contributed by atoms with Crippen molar-refractivity contribution in [2.45, 2.75) is 39.2 Å². The average Bonchev–Trinajstić information content (AvgIpc) is 3.36. The highest BCUT2D eigenvalue weighted by Crippen LogP contribution is 2.23. The second-order valence-corrected chi connectivity index (χ2v) is 7.21. The van der Waals surface area contributed by atoms with Gasteiger partial charge in [0, 0.05) is 42.9 Å². The van der Waals surface area contributed by atoms with E-state index in [0.29, 0.717) is 24.7 Å². The molecule has 0 aliphatic carbocycles. The monoisotopic (exact) mass is 377 g/mol. The van der Waals surface area contributed by atoms with Crippen molar-refractivity contribution in [1.82, 2.24) is 15.1 Å². The Bertz CT molecular complexity index is 965. The zero-order valence-corrected chi connectivity index (χ0v) is 16.1. The number of benzene rings is 1. The second-order valence-electron chi connectivity index (χ2n) is 7.21. The predicted octanol–water partition coefficient (Wildman–Crippen LogP) is 3.99. The average molecular weight is 377 g/mol. The first-order chi connectivity index (χ1) is 13.6. The molecule has 1 aliphatic rings. The molecule has 1 aliphatic heterocycles. The van der Waals surface area contributed by atoms with Crippen LogP contribution < -0.4 is 10.2 Å². The lowest BCUT2D eigenvalue weighted by molar-refractivity contribution is -0.117. The number of anilines is 2. The summed E-state index contributed by atoms with van der Waals surface area (Å²) in [5.74, 6) is 2.34. The zero-order chi connectivity index (χ0) is 19.5. The normalized spacial score (nSPS) is 14.1. The van der Waals surface area contributed by atoms with Crippen LogP contribution in [0.3, 0.4) is 0 Å². The maximum Gasteiger partial charge on any atom is 0.258 e. The number of nitrogens with zero attached hydrogens (tertiary/aromatic N) is 4. The summed E-state index contributed by atoms with van der Waals surface area (Å²) >= 11 is 0. The first-order valence-electron chi connectivity index (χ1n) is 9.53. The van der Waals surface area contributed by atoms with E-state index in [9.17, 15) is 4.79 Å². The van der Waals surface area contributed by atoms with Crippen LogP contribution in [0.25, 0.3) is 11.5 Å². The largest absolute Gasteiger partial charge is 0.366 e. The number of hydrogen-bond donors (Lipinski definition) is 1.